The normalized spacial score (nSPS) is 15.0. The van der Waals surface area contributed by atoms with Gasteiger partial charge in [-0.3, -0.25) is 18.7 Å². The van der Waals surface area contributed by atoms with Gasteiger partial charge < -0.3 is 10.2 Å². The molecule has 2 amide bonds. The Kier molecular flexibility index (Phi) is 9.42. The van der Waals surface area contributed by atoms with Crippen LogP contribution in [0.4, 0.5) is 10.1 Å². The highest BCUT2D eigenvalue weighted by Crippen LogP contribution is 2.22. The summed E-state index contributed by atoms with van der Waals surface area (Å²) in [6.07, 6.45) is 5.81. The van der Waals surface area contributed by atoms with E-state index in [9.17, 15) is 27.2 Å². The molecule has 3 rings (SSSR count). The maximum atomic E-state index is 14.5. The monoisotopic (exact) mass is 531 g/mol. The molecule has 1 unspecified atom stereocenters. The van der Waals surface area contributed by atoms with Crippen LogP contribution in [-0.4, -0.2) is 55.8 Å². The summed E-state index contributed by atoms with van der Waals surface area (Å²) >= 11 is 0. The van der Waals surface area contributed by atoms with Crippen molar-refractivity contribution in [2.24, 2.45) is 0 Å². The summed E-state index contributed by atoms with van der Waals surface area (Å²) < 4.78 is 40.8. The zero-order valence-electron chi connectivity index (χ0n) is 21.4. The van der Waals surface area contributed by atoms with Crippen molar-refractivity contribution in [3.63, 3.8) is 0 Å². The van der Waals surface area contributed by atoms with Crippen molar-refractivity contribution in [3.8, 4) is 0 Å². The molecule has 0 bridgehead atoms. The Bertz CT molecular complexity index is 1240. The lowest BCUT2D eigenvalue weighted by Crippen LogP contribution is -2.53. The summed E-state index contributed by atoms with van der Waals surface area (Å²) in [5.41, 5.74) is 0.647. The van der Waals surface area contributed by atoms with Crippen LogP contribution in [0.3, 0.4) is 0 Å². The molecule has 1 aliphatic carbocycles. The Morgan fingerprint density at radius 3 is 2.35 bits per heavy atom. The highest BCUT2D eigenvalue weighted by Gasteiger charge is 2.31. The topological polar surface area (TPSA) is 104 Å². The molecule has 200 valence electrons. The van der Waals surface area contributed by atoms with E-state index in [1.807, 2.05) is 0 Å². The molecule has 10 heteroatoms. The molecule has 1 atom stereocenters. The largest absolute Gasteiger partial charge is 0.352 e. The highest BCUT2D eigenvalue weighted by atomic mass is 32.2. The number of nitrogens with one attached hydrogen (secondary N) is 1. The maximum Gasteiger partial charge on any atom is 0.244 e. The minimum atomic E-state index is -3.94. The number of Topliss-reactive ketones (excluding diaryl/α,β-unsaturated/α-hetero) is 1. The molecular formula is C27H34FN3O5S. The molecule has 0 saturated heterocycles. The van der Waals surface area contributed by atoms with Crippen LogP contribution in [0.2, 0.25) is 0 Å². The SMILES string of the molecule is CC(=O)c1cccc(N(CC(=O)N(Cc2ccccc2F)C(C)C(=O)NC2CCCCC2)S(C)(=O)=O)c1. The van der Waals surface area contributed by atoms with Gasteiger partial charge in [0, 0.05) is 23.7 Å². The molecule has 0 heterocycles. The van der Waals surface area contributed by atoms with Crippen LogP contribution >= 0.6 is 0 Å². The molecule has 0 radical (unpaired) electrons. The second-order valence-corrected chi connectivity index (χ2v) is 11.4. The first kappa shape index (κ1) is 28.3. The van der Waals surface area contributed by atoms with Crippen LogP contribution in [0.1, 0.15) is 61.9 Å². The third-order valence-electron chi connectivity index (χ3n) is 6.64. The van der Waals surface area contributed by atoms with E-state index in [1.165, 1.54) is 48.2 Å². The first-order valence-corrected chi connectivity index (χ1v) is 14.2. The van der Waals surface area contributed by atoms with Crippen LogP contribution in [0.25, 0.3) is 0 Å². The van der Waals surface area contributed by atoms with Gasteiger partial charge in [-0.25, -0.2) is 12.8 Å². The smallest absolute Gasteiger partial charge is 0.244 e. The number of benzene rings is 2. The lowest BCUT2D eigenvalue weighted by molar-refractivity contribution is -0.139. The second kappa shape index (κ2) is 12.3. The number of carbonyl (C=O) groups excluding carboxylic acids is 3. The van der Waals surface area contributed by atoms with Crippen molar-refractivity contribution in [3.05, 3.63) is 65.5 Å². The summed E-state index contributed by atoms with van der Waals surface area (Å²) in [7, 11) is -3.94. The summed E-state index contributed by atoms with van der Waals surface area (Å²) in [6.45, 7) is 2.08. The Labute approximate surface area is 217 Å². The number of hydrogen-bond donors (Lipinski definition) is 1. The summed E-state index contributed by atoms with van der Waals surface area (Å²) in [5, 5.41) is 2.99. The molecule has 1 saturated carbocycles. The van der Waals surface area contributed by atoms with Gasteiger partial charge >= 0.3 is 0 Å². The van der Waals surface area contributed by atoms with Gasteiger partial charge in [0.15, 0.2) is 5.78 Å². The number of rotatable bonds is 10. The van der Waals surface area contributed by atoms with E-state index < -0.39 is 34.3 Å². The van der Waals surface area contributed by atoms with Crippen molar-refractivity contribution < 1.29 is 27.2 Å². The van der Waals surface area contributed by atoms with E-state index in [0.29, 0.717) is 5.56 Å². The van der Waals surface area contributed by atoms with Gasteiger partial charge in [-0.1, -0.05) is 49.6 Å². The lowest BCUT2D eigenvalue weighted by atomic mass is 9.95. The van der Waals surface area contributed by atoms with E-state index in [-0.39, 0.29) is 35.5 Å². The summed E-state index contributed by atoms with van der Waals surface area (Å²) in [5.74, 6) is -1.83. The molecular weight excluding hydrogens is 497 g/mol. The average Bonchev–Trinajstić information content (AvgIpc) is 2.86. The van der Waals surface area contributed by atoms with Gasteiger partial charge in [0.05, 0.1) is 11.9 Å². The van der Waals surface area contributed by atoms with Gasteiger partial charge in [0.1, 0.15) is 18.4 Å². The quantitative estimate of drug-likeness (QED) is 0.472. The van der Waals surface area contributed by atoms with Crippen molar-refractivity contribution in [2.45, 2.75) is 64.6 Å². The molecule has 8 nitrogen and oxygen atoms in total. The van der Waals surface area contributed by atoms with E-state index in [0.717, 1.165) is 42.7 Å². The Balaban J connectivity index is 1.91. The second-order valence-electron chi connectivity index (χ2n) is 9.51. The van der Waals surface area contributed by atoms with Crippen molar-refractivity contribution in [1.29, 1.82) is 0 Å². The van der Waals surface area contributed by atoms with E-state index >= 15 is 0 Å². The molecule has 0 spiro atoms. The Morgan fingerprint density at radius 1 is 1.05 bits per heavy atom. The third kappa shape index (κ3) is 7.61. The lowest BCUT2D eigenvalue weighted by Gasteiger charge is -2.33. The van der Waals surface area contributed by atoms with Gasteiger partial charge in [-0.15, -0.1) is 0 Å². The average molecular weight is 532 g/mol. The first-order chi connectivity index (χ1) is 17.5. The molecule has 1 N–H and O–H groups in total. The number of carbonyl (C=O) groups is 3. The zero-order valence-corrected chi connectivity index (χ0v) is 22.3. The van der Waals surface area contributed by atoms with Gasteiger partial charge in [-0.05, 0) is 44.9 Å². The number of amides is 2. The number of ketones is 1. The van der Waals surface area contributed by atoms with Crippen LogP contribution < -0.4 is 9.62 Å². The first-order valence-electron chi connectivity index (χ1n) is 12.4. The van der Waals surface area contributed by atoms with Crippen molar-refractivity contribution >= 4 is 33.3 Å². The van der Waals surface area contributed by atoms with Gasteiger partial charge in [0.25, 0.3) is 0 Å². The molecule has 1 fully saturated rings. The highest BCUT2D eigenvalue weighted by molar-refractivity contribution is 7.92. The minimum absolute atomic E-state index is 0.0101. The van der Waals surface area contributed by atoms with Gasteiger partial charge in [0.2, 0.25) is 21.8 Å². The fourth-order valence-corrected chi connectivity index (χ4v) is 5.30. The number of hydrogen-bond acceptors (Lipinski definition) is 5. The number of halogens is 1. The number of sulfonamides is 1. The Hall–Kier alpha value is -3.27. The third-order valence-corrected chi connectivity index (χ3v) is 7.78. The summed E-state index contributed by atoms with van der Waals surface area (Å²) in [6, 6.07) is 10.9. The van der Waals surface area contributed by atoms with Crippen LogP contribution in [0.15, 0.2) is 48.5 Å². The Morgan fingerprint density at radius 2 is 1.73 bits per heavy atom. The fraction of sp³-hybridized carbons (Fsp3) is 0.444. The molecule has 1 aliphatic rings. The molecule has 37 heavy (non-hydrogen) atoms. The fourth-order valence-electron chi connectivity index (χ4n) is 4.46. The number of nitrogens with zero attached hydrogens (tertiary/aromatic N) is 2. The van der Waals surface area contributed by atoms with Crippen LogP contribution in [0.5, 0.6) is 0 Å². The van der Waals surface area contributed by atoms with E-state index in [1.54, 1.807) is 19.1 Å². The van der Waals surface area contributed by atoms with Crippen molar-refractivity contribution in [1.82, 2.24) is 10.2 Å². The standard InChI is InChI=1S/C27H34FN3O5S/c1-19(27(34)29-23-12-5-4-6-13-23)30(17-22-10-7-8-15-25(22)28)26(33)18-31(37(3,35)36)24-14-9-11-21(16-24)20(2)32/h7-11,14-16,19,23H,4-6,12-13,17-18H2,1-3H3,(H,29,34). The zero-order chi connectivity index (χ0) is 27.2. The number of anilines is 1. The molecule has 0 aliphatic heterocycles. The molecule has 2 aromatic carbocycles. The summed E-state index contributed by atoms with van der Waals surface area (Å²) in [4.78, 5) is 39.8. The van der Waals surface area contributed by atoms with Crippen LogP contribution in [0, 0.1) is 5.82 Å². The predicted octanol–water partition coefficient (Wildman–Crippen LogP) is 3.66. The predicted molar refractivity (Wildman–Crippen MR) is 140 cm³/mol. The van der Waals surface area contributed by atoms with Gasteiger partial charge in [-0.2, -0.15) is 0 Å². The van der Waals surface area contributed by atoms with Crippen LogP contribution in [-0.2, 0) is 26.2 Å². The minimum Gasteiger partial charge on any atom is -0.352 e. The van der Waals surface area contributed by atoms with E-state index in [2.05, 4.69) is 5.32 Å². The van der Waals surface area contributed by atoms with E-state index in [4.69, 9.17) is 0 Å². The molecule has 2 aromatic rings. The maximum absolute atomic E-state index is 14.5. The molecule has 0 aromatic heterocycles. The van der Waals surface area contributed by atoms with Crippen molar-refractivity contribution in [2.75, 3.05) is 17.1 Å².